The zero-order valence-corrected chi connectivity index (χ0v) is 4.73. The summed E-state index contributed by atoms with van der Waals surface area (Å²) >= 11 is 0. The fraction of sp³-hybridized carbons (Fsp3) is 0. The lowest BCUT2D eigenvalue weighted by Gasteiger charge is -1.92. The van der Waals surface area contributed by atoms with Gasteiger partial charge in [0.1, 0.15) is 10.1 Å². The van der Waals surface area contributed by atoms with Crippen molar-refractivity contribution >= 4 is 10.1 Å². The molecule has 0 atom stereocenters. The molecule has 0 radical (unpaired) electrons. The maximum absolute atomic E-state index is 9.33. The Balaban J connectivity index is 0. The molecule has 0 aliphatic rings. The Bertz CT molecular complexity index is 123. The largest absolute Gasteiger partial charge is 0.745 e. The molecule has 0 fully saturated rings. The highest BCUT2D eigenvalue weighted by Crippen LogP contribution is 1.75. The summed E-state index contributed by atoms with van der Waals surface area (Å²) in [4.78, 5) is 0. The zero-order chi connectivity index (χ0) is 5.21. The highest BCUT2D eigenvalue weighted by Gasteiger charge is 1.73. The van der Waals surface area contributed by atoms with Crippen molar-refractivity contribution in [3.63, 3.8) is 0 Å². The van der Waals surface area contributed by atoms with Gasteiger partial charge in [0.05, 0.1) is 0 Å². The second-order valence-electron chi connectivity index (χ2n) is 0.659. The second-order valence-corrected chi connectivity index (χ2v) is 1.98. The summed E-state index contributed by atoms with van der Waals surface area (Å²) in [5, 5.41) is 0.354. The van der Waals surface area contributed by atoms with E-state index in [9.17, 15) is 13.0 Å². The Morgan fingerprint density at radius 1 is 1.57 bits per heavy atom. The first-order valence-electron chi connectivity index (χ1n) is 1.14. The van der Waals surface area contributed by atoms with Crippen molar-refractivity contribution in [1.82, 2.24) is 6.15 Å². The predicted molar refractivity (Wildman–Crippen MR) is 25.9 cm³/mol. The summed E-state index contributed by atoms with van der Waals surface area (Å²) in [6, 6.07) is 0. The van der Waals surface area contributed by atoms with E-state index in [0.29, 0.717) is 5.41 Å². The van der Waals surface area contributed by atoms with Crippen LogP contribution in [-0.4, -0.2) is 13.0 Å². The van der Waals surface area contributed by atoms with Gasteiger partial charge in [-0.2, -0.15) is 0 Å². The van der Waals surface area contributed by atoms with Gasteiger partial charge < -0.3 is 10.7 Å². The van der Waals surface area contributed by atoms with Crippen molar-refractivity contribution in [3.05, 3.63) is 12.0 Å². The minimum absolute atomic E-state index is 0. The monoisotopic (exact) mass is 125 g/mol. The van der Waals surface area contributed by atoms with Crippen LogP contribution in [0.15, 0.2) is 12.0 Å². The van der Waals surface area contributed by atoms with Gasteiger partial charge in [-0.1, -0.05) is 6.58 Å². The van der Waals surface area contributed by atoms with E-state index in [-0.39, 0.29) is 6.15 Å². The molecule has 4 nitrogen and oxygen atoms in total. The van der Waals surface area contributed by atoms with Gasteiger partial charge in [-0.25, -0.2) is 8.42 Å². The molecule has 0 aromatic carbocycles. The van der Waals surface area contributed by atoms with Gasteiger partial charge in [0, 0.05) is 5.41 Å². The first-order valence-corrected chi connectivity index (χ1v) is 2.62. The number of hydrogen-bond donors (Lipinski definition) is 1. The van der Waals surface area contributed by atoms with Gasteiger partial charge in [0.15, 0.2) is 0 Å². The first-order chi connectivity index (χ1) is 2.56. The van der Waals surface area contributed by atoms with Crippen LogP contribution in [0.4, 0.5) is 0 Å². The van der Waals surface area contributed by atoms with Crippen LogP contribution in [0.3, 0.4) is 0 Å². The molecule has 0 heterocycles. The van der Waals surface area contributed by atoms with Crippen LogP contribution in [0.5, 0.6) is 0 Å². The molecule has 5 heteroatoms. The smallest absolute Gasteiger partial charge is 0.116 e. The van der Waals surface area contributed by atoms with E-state index in [1.165, 1.54) is 0 Å². The van der Waals surface area contributed by atoms with Crippen LogP contribution < -0.4 is 6.15 Å². The molecule has 7 heavy (non-hydrogen) atoms. The van der Waals surface area contributed by atoms with Gasteiger partial charge in [-0.15, -0.1) is 0 Å². The molecule has 0 amide bonds. The molecule has 0 saturated heterocycles. The lowest BCUT2D eigenvalue weighted by atomic mass is 11.3. The minimum atomic E-state index is -4.15. The van der Waals surface area contributed by atoms with E-state index >= 15 is 0 Å². The third-order valence-corrected chi connectivity index (χ3v) is 0.612. The third-order valence-electron chi connectivity index (χ3n) is 0.204. The highest BCUT2D eigenvalue weighted by atomic mass is 32.2. The summed E-state index contributed by atoms with van der Waals surface area (Å²) in [7, 11) is -4.15. The Morgan fingerprint density at radius 3 is 1.71 bits per heavy atom. The molecule has 0 aromatic rings. The topological polar surface area (TPSA) is 93.7 Å². The van der Waals surface area contributed by atoms with Crippen LogP contribution in [0, 0.1) is 0 Å². The fourth-order valence-corrected chi connectivity index (χ4v) is 0. The maximum atomic E-state index is 9.33. The van der Waals surface area contributed by atoms with Crippen molar-refractivity contribution in [2.45, 2.75) is 0 Å². The lowest BCUT2D eigenvalue weighted by molar-refractivity contribution is 0.474. The number of quaternary nitrogens is 1. The molecule has 0 spiro atoms. The van der Waals surface area contributed by atoms with Crippen LogP contribution >= 0.6 is 0 Å². The SMILES string of the molecule is C=CS(=O)(=O)[O-].[NH4+]. The van der Waals surface area contributed by atoms with Crippen molar-refractivity contribution in [3.8, 4) is 0 Å². The molecule has 0 unspecified atom stereocenters. The first kappa shape index (κ1) is 9.79. The average molecular weight is 125 g/mol. The molecule has 44 valence electrons. The third kappa shape index (κ3) is 10.7. The highest BCUT2D eigenvalue weighted by molar-refractivity contribution is 7.88. The van der Waals surface area contributed by atoms with E-state index in [4.69, 9.17) is 0 Å². The van der Waals surface area contributed by atoms with E-state index in [1.54, 1.807) is 0 Å². The Kier molecular flexibility index (Phi) is 3.82. The zero-order valence-electron chi connectivity index (χ0n) is 3.92. The van der Waals surface area contributed by atoms with E-state index in [2.05, 4.69) is 6.58 Å². The van der Waals surface area contributed by atoms with E-state index in [1.807, 2.05) is 0 Å². The van der Waals surface area contributed by atoms with Gasteiger partial charge >= 0.3 is 0 Å². The minimum Gasteiger partial charge on any atom is -0.745 e. The lowest BCUT2D eigenvalue weighted by Crippen LogP contribution is -1.87. The van der Waals surface area contributed by atoms with Crippen molar-refractivity contribution in [2.75, 3.05) is 0 Å². The summed E-state index contributed by atoms with van der Waals surface area (Å²) < 4.78 is 28.0. The van der Waals surface area contributed by atoms with Crippen molar-refractivity contribution in [2.24, 2.45) is 0 Å². The number of rotatable bonds is 1. The van der Waals surface area contributed by atoms with Crippen molar-refractivity contribution < 1.29 is 13.0 Å². The fourth-order valence-electron chi connectivity index (χ4n) is 0. The van der Waals surface area contributed by atoms with Gasteiger partial charge in [-0.3, -0.25) is 0 Å². The van der Waals surface area contributed by atoms with Crippen LogP contribution in [0.2, 0.25) is 0 Å². The second kappa shape index (κ2) is 2.73. The molecule has 0 saturated carbocycles. The molecular formula is C2H7NO3S. The summed E-state index contributed by atoms with van der Waals surface area (Å²) in [6.07, 6.45) is 0. The van der Waals surface area contributed by atoms with Gasteiger partial charge in [-0.05, 0) is 0 Å². The van der Waals surface area contributed by atoms with Crippen LogP contribution in [0.25, 0.3) is 0 Å². The molecular weight excluding hydrogens is 118 g/mol. The quantitative estimate of drug-likeness (QED) is 0.501. The Morgan fingerprint density at radius 2 is 1.71 bits per heavy atom. The standard InChI is InChI=1S/C2H4O3S.H3N/c1-2-6(3,4)5;/h2H,1H2,(H,3,4,5);1H3. The van der Waals surface area contributed by atoms with Gasteiger partial charge in [0.25, 0.3) is 0 Å². The molecule has 0 rings (SSSR count). The number of hydrogen-bond acceptors (Lipinski definition) is 3. The molecule has 0 aromatic heterocycles. The molecule has 0 bridgehead atoms. The maximum Gasteiger partial charge on any atom is 0.116 e. The van der Waals surface area contributed by atoms with Gasteiger partial charge in [0.2, 0.25) is 0 Å². The predicted octanol–water partition coefficient (Wildman–Crippen LogP) is 0.0513. The summed E-state index contributed by atoms with van der Waals surface area (Å²) in [5.74, 6) is 0. The van der Waals surface area contributed by atoms with E-state index < -0.39 is 10.1 Å². The normalized spacial score (nSPS) is 9.29. The Labute approximate surface area is 42.2 Å². The van der Waals surface area contributed by atoms with Crippen molar-refractivity contribution in [1.29, 1.82) is 0 Å². The Hall–Kier alpha value is -0.390. The molecule has 0 aliphatic heterocycles. The van der Waals surface area contributed by atoms with Crippen LogP contribution in [0.1, 0.15) is 0 Å². The average Bonchev–Trinajstić information content (AvgIpc) is 1.35. The van der Waals surface area contributed by atoms with E-state index in [0.717, 1.165) is 0 Å². The molecule has 4 N–H and O–H groups in total. The molecule has 0 aliphatic carbocycles. The van der Waals surface area contributed by atoms with Crippen LogP contribution in [-0.2, 0) is 10.1 Å². The summed E-state index contributed by atoms with van der Waals surface area (Å²) in [6.45, 7) is 2.73. The summed E-state index contributed by atoms with van der Waals surface area (Å²) in [5.41, 5.74) is 0.